The van der Waals surface area contributed by atoms with Crippen molar-refractivity contribution in [2.75, 3.05) is 25.0 Å². The van der Waals surface area contributed by atoms with E-state index in [9.17, 15) is 0 Å². The van der Waals surface area contributed by atoms with Crippen molar-refractivity contribution in [2.45, 2.75) is 45.1 Å². The standard InChI is InChI=1S/C14H23N3S/c1-15-10-12-11-16-13(18-12)17-8-6-14(7-9-17)4-2-3-5-14/h11,15H,2-10H2,1H3. The van der Waals surface area contributed by atoms with Crippen LogP contribution in [0.4, 0.5) is 5.13 Å². The molecular weight excluding hydrogens is 242 g/mol. The van der Waals surface area contributed by atoms with E-state index < -0.39 is 0 Å². The Labute approximate surface area is 114 Å². The summed E-state index contributed by atoms with van der Waals surface area (Å²) >= 11 is 1.85. The second kappa shape index (κ2) is 5.17. The minimum Gasteiger partial charge on any atom is -0.348 e. The highest BCUT2D eigenvalue weighted by Crippen LogP contribution is 2.46. The van der Waals surface area contributed by atoms with E-state index in [0.717, 1.165) is 6.54 Å². The minimum atomic E-state index is 0.710. The van der Waals surface area contributed by atoms with Crippen LogP contribution in [0, 0.1) is 5.41 Å². The molecule has 1 spiro atoms. The van der Waals surface area contributed by atoms with E-state index >= 15 is 0 Å². The van der Waals surface area contributed by atoms with Crippen molar-refractivity contribution in [3.05, 3.63) is 11.1 Å². The Balaban J connectivity index is 1.61. The number of nitrogens with zero attached hydrogens (tertiary/aromatic N) is 2. The van der Waals surface area contributed by atoms with E-state index in [1.807, 2.05) is 24.6 Å². The van der Waals surface area contributed by atoms with Crippen LogP contribution in [0.1, 0.15) is 43.4 Å². The van der Waals surface area contributed by atoms with Gasteiger partial charge in [-0.2, -0.15) is 0 Å². The fraction of sp³-hybridized carbons (Fsp3) is 0.786. The molecule has 2 fully saturated rings. The van der Waals surface area contributed by atoms with Gasteiger partial charge in [-0.15, -0.1) is 11.3 Å². The number of aromatic nitrogens is 1. The summed E-state index contributed by atoms with van der Waals surface area (Å²) in [6, 6.07) is 0. The Morgan fingerprint density at radius 3 is 2.67 bits per heavy atom. The van der Waals surface area contributed by atoms with Crippen molar-refractivity contribution in [3.63, 3.8) is 0 Å². The molecule has 0 aromatic carbocycles. The van der Waals surface area contributed by atoms with Crippen molar-refractivity contribution < 1.29 is 0 Å². The number of hydrogen-bond acceptors (Lipinski definition) is 4. The van der Waals surface area contributed by atoms with E-state index in [1.165, 1.54) is 61.6 Å². The predicted octanol–water partition coefficient (Wildman–Crippen LogP) is 3.02. The Morgan fingerprint density at radius 1 is 1.28 bits per heavy atom. The highest BCUT2D eigenvalue weighted by Gasteiger charge is 2.37. The number of anilines is 1. The molecule has 1 N–H and O–H groups in total. The lowest BCUT2D eigenvalue weighted by molar-refractivity contribution is 0.226. The third-order valence-corrected chi connectivity index (χ3v) is 5.71. The van der Waals surface area contributed by atoms with Gasteiger partial charge in [-0.1, -0.05) is 12.8 Å². The zero-order chi connectivity index (χ0) is 12.4. The van der Waals surface area contributed by atoms with Crippen molar-refractivity contribution >= 4 is 16.5 Å². The summed E-state index contributed by atoms with van der Waals surface area (Å²) in [7, 11) is 1.99. The van der Waals surface area contributed by atoms with E-state index in [4.69, 9.17) is 0 Å². The molecule has 100 valence electrons. The lowest BCUT2D eigenvalue weighted by Crippen LogP contribution is -2.38. The number of thiazole rings is 1. The summed E-state index contributed by atoms with van der Waals surface area (Å²) in [5, 5.41) is 4.42. The summed E-state index contributed by atoms with van der Waals surface area (Å²) in [6.45, 7) is 3.37. The van der Waals surface area contributed by atoms with E-state index in [1.54, 1.807) is 0 Å². The average molecular weight is 265 g/mol. The van der Waals surface area contributed by atoms with Gasteiger partial charge in [-0.05, 0) is 38.1 Å². The number of nitrogens with one attached hydrogen (secondary N) is 1. The highest BCUT2D eigenvalue weighted by molar-refractivity contribution is 7.15. The maximum Gasteiger partial charge on any atom is 0.185 e. The first-order valence-corrected chi connectivity index (χ1v) is 7.97. The third kappa shape index (κ3) is 2.41. The SMILES string of the molecule is CNCc1cnc(N2CCC3(CCCC3)CC2)s1. The first-order chi connectivity index (χ1) is 8.81. The summed E-state index contributed by atoms with van der Waals surface area (Å²) in [5.41, 5.74) is 0.710. The Bertz CT molecular complexity index is 385. The Hall–Kier alpha value is -0.610. The molecule has 0 unspecified atom stereocenters. The lowest BCUT2D eigenvalue weighted by atomic mass is 9.77. The molecule has 1 saturated carbocycles. The van der Waals surface area contributed by atoms with Crippen molar-refractivity contribution in [2.24, 2.45) is 5.41 Å². The molecule has 1 saturated heterocycles. The molecule has 1 aromatic heterocycles. The summed E-state index contributed by atoms with van der Waals surface area (Å²) < 4.78 is 0. The van der Waals surface area contributed by atoms with Gasteiger partial charge >= 0.3 is 0 Å². The fourth-order valence-electron chi connectivity index (χ4n) is 3.50. The Kier molecular flexibility index (Phi) is 3.57. The van der Waals surface area contributed by atoms with Crippen LogP contribution in [0.3, 0.4) is 0 Å². The van der Waals surface area contributed by atoms with Crippen LogP contribution >= 0.6 is 11.3 Å². The molecule has 0 radical (unpaired) electrons. The molecule has 2 heterocycles. The van der Waals surface area contributed by atoms with Gasteiger partial charge in [0.05, 0.1) is 0 Å². The van der Waals surface area contributed by atoms with Crippen molar-refractivity contribution in [1.29, 1.82) is 0 Å². The zero-order valence-corrected chi connectivity index (χ0v) is 12.1. The Morgan fingerprint density at radius 2 is 2.00 bits per heavy atom. The van der Waals surface area contributed by atoms with Gasteiger partial charge in [-0.25, -0.2) is 4.98 Å². The third-order valence-electron chi connectivity index (χ3n) is 4.65. The number of rotatable bonds is 3. The van der Waals surface area contributed by atoms with Gasteiger partial charge in [0.15, 0.2) is 5.13 Å². The molecule has 0 bridgehead atoms. The largest absolute Gasteiger partial charge is 0.348 e. The van der Waals surface area contributed by atoms with Crippen LogP contribution in [0.2, 0.25) is 0 Å². The van der Waals surface area contributed by atoms with Gasteiger partial charge in [0.1, 0.15) is 0 Å². The second-order valence-electron chi connectivity index (χ2n) is 5.83. The van der Waals surface area contributed by atoms with Crippen LogP contribution in [0.15, 0.2) is 6.20 Å². The molecule has 3 rings (SSSR count). The molecule has 0 amide bonds. The van der Waals surface area contributed by atoms with Gasteiger partial charge in [0, 0.05) is 30.7 Å². The molecule has 3 nitrogen and oxygen atoms in total. The van der Waals surface area contributed by atoms with Gasteiger partial charge in [-0.3, -0.25) is 0 Å². The van der Waals surface area contributed by atoms with Crippen LogP contribution < -0.4 is 10.2 Å². The molecule has 0 atom stereocenters. The number of piperidine rings is 1. The van der Waals surface area contributed by atoms with Crippen LogP contribution in [0.25, 0.3) is 0 Å². The van der Waals surface area contributed by atoms with Gasteiger partial charge in [0.2, 0.25) is 0 Å². The molecule has 1 aliphatic carbocycles. The summed E-state index contributed by atoms with van der Waals surface area (Å²) in [5.74, 6) is 0. The fourth-order valence-corrected chi connectivity index (χ4v) is 4.47. The van der Waals surface area contributed by atoms with Crippen LogP contribution in [-0.4, -0.2) is 25.1 Å². The first-order valence-electron chi connectivity index (χ1n) is 7.16. The van der Waals surface area contributed by atoms with E-state index in [2.05, 4.69) is 15.2 Å². The molecule has 1 aromatic rings. The average Bonchev–Trinajstić information content (AvgIpc) is 3.02. The maximum atomic E-state index is 4.58. The predicted molar refractivity (Wildman–Crippen MR) is 77.2 cm³/mol. The molecule has 18 heavy (non-hydrogen) atoms. The second-order valence-corrected chi connectivity index (χ2v) is 6.93. The smallest absolute Gasteiger partial charge is 0.185 e. The molecular formula is C14H23N3S. The van der Waals surface area contributed by atoms with Crippen molar-refractivity contribution in [1.82, 2.24) is 10.3 Å². The number of hydrogen-bond donors (Lipinski definition) is 1. The topological polar surface area (TPSA) is 28.2 Å². The van der Waals surface area contributed by atoms with E-state index in [-0.39, 0.29) is 0 Å². The molecule has 4 heteroatoms. The summed E-state index contributed by atoms with van der Waals surface area (Å²) in [4.78, 5) is 8.41. The summed E-state index contributed by atoms with van der Waals surface area (Å²) in [6.07, 6.45) is 10.7. The van der Waals surface area contributed by atoms with Crippen LogP contribution in [-0.2, 0) is 6.54 Å². The van der Waals surface area contributed by atoms with Gasteiger partial charge in [0.25, 0.3) is 0 Å². The lowest BCUT2D eigenvalue weighted by Gasteiger charge is -2.39. The first kappa shape index (κ1) is 12.4. The molecule has 1 aliphatic heterocycles. The maximum absolute atomic E-state index is 4.58. The molecule has 2 aliphatic rings. The highest BCUT2D eigenvalue weighted by atomic mass is 32.1. The minimum absolute atomic E-state index is 0.710. The van der Waals surface area contributed by atoms with E-state index in [0.29, 0.717) is 5.41 Å². The normalized spacial score (nSPS) is 22.8. The monoisotopic (exact) mass is 265 g/mol. The quantitative estimate of drug-likeness (QED) is 0.910. The van der Waals surface area contributed by atoms with Crippen molar-refractivity contribution in [3.8, 4) is 0 Å². The van der Waals surface area contributed by atoms with Crippen LogP contribution in [0.5, 0.6) is 0 Å². The zero-order valence-electron chi connectivity index (χ0n) is 11.2. The van der Waals surface area contributed by atoms with Gasteiger partial charge < -0.3 is 10.2 Å².